The van der Waals surface area contributed by atoms with E-state index in [1.807, 2.05) is 0 Å². The maximum atomic E-state index is 12.7. The second kappa shape index (κ2) is 7.36. The van der Waals surface area contributed by atoms with E-state index >= 15 is 0 Å². The van der Waals surface area contributed by atoms with Crippen molar-refractivity contribution in [2.45, 2.75) is 30.9 Å². The van der Waals surface area contributed by atoms with Crippen molar-refractivity contribution in [1.29, 1.82) is 0 Å². The Morgan fingerprint density at radius 1 is 1.33 bits per heavy atom. The molecule has 1 fully saturated rings. The third-order valence-electron chi connectivity index (χ3n) is 3.50. The predicted octanol–water partition coefficient (Wildman–Crippen LogP) is 2.36. The van der Waals surface area contributed by atoms with Crippen molar-refractivity contribution in [2.75, 3.05) is 22.9 Å². The lowest BCUT2D eigenvalue weighted by molar-refractivity contribution is -0.136. The van der Waals surface area contributed by atoms with Crippen LogP contribution < -0.4 is 10.6 Å². The van der Waals surface area contributed by atoms with Gasteiger partial charge in [0.1, 0.15) is 0 Å². The molecule has 0 aliphatic carbocycles. The van der Waals surface area contributed by atoms with Crippen LogP contribution in [0.15, 0.2) is 24.3 Å². The molecule has 21 heavy (non-hydrogen) atoms. The average molecular weight is 308 g/mol. The average Bonchev–Trinajstić information content (AvgIpc) is 2.49. The maximum absolute atomic E-state index is 12.7. The summed E-state index contributed by atoms with van der Waals surface area (Å²) in [7, 11) is 0. The van der Waals surface area contributed by atoms with Crippen LogP contribution in [0.1, 0.15) is 25.7 Å². The molecule has 1 amide bonds. The standard InChI is InChI=1S/C15H20N2O3S/c16-11-5-1-2-6-12(11)17(9-8-14(18)19)15(20)13-7-3-4-10-21-13/h1-2,5-6,13H,3-4,7-10,16H2,(H,18,19). The largest absolute Gasteiger partial charge is 0.481 e. The van der Waals surface area contributed by atoms with Crippen molar-refractivity contribution >= 4 is 35.0 Å². The smallest absolute Gasteiger partial charge is 0.305 e. The number of aliphatic carboxylic acids is 1. The first-order valence-electron chi connectivity index (χ1n) is 7.09. The number of carboxylic acids is 1. The van der Waals surface area contributed by atoms with Crippen LogP contribution in [0.5, 0.6) is 0 Å². The molecule has 0 radical (unpaired) electrons. The minimum atomic E-state index is -0.918. The molecule has 1 aliphatic rings. The molecule has 0 aromatic heterocycles. The highest BCUT2D eigenvalue weighted by molar-refractivity contribution is 8.00. The van der Waals surface area contributed by atoms with Crippen LogP contribution in [0.3, 0.4) is 0 Å². The number of nitrogens with zero attached hydrogens (tertiary/aromatic N) is 1. The topological polar surface area (TPSA) is 83.6 Å². The lowest BCUT2D eigenvalue weighted by atomic mass is 10.1. The zero-order valence-corrected chi connectivity index (χ0v) is 12.6. The first-order valence-corrected chi connectivity index (χ1v) is 8.13. The van der Waals surface area contributed by atoms with Gasteiger partial charge in [-0.25, -0.2) is 0 Å². The summed E-state index contributed by atoms with van der Waals surface area (Å²) in [5.41, 5.74) is 7.05. The number of thioether (sulfide) groups is 1. The molecule has 1 atom stereocenters. The number of anilines is 2. The Balaban J connectivity index is 2.20. The Morgan fingerprint density at radius 2 is 2.10 bits per heavy atom. The minimum Gasteiger partial charge on any atom is -0.481 e. The Kier molecular flexibility index (Phi) is 5.50. The molecule has 0 saturated carbocycles. The SMILES string of the molecule is Nc1ccccc1N(CCC(=O)O)C(=O)C1CCCCS1. The monoisotopic (exact) mass is 308 g/mol. The molecular weight excluding hydrogens is 288 g/mol. The quantitative estimate of drug-likeness (QED) is 0.816. The number of amides is 1. The van der Waals surface area contributed by atoms with E-state index in [1.165, 1.54) is 4.90 Å². The lowest BCUT2D eigenvalue weighted by Gasteiger charge is -2.29. The van der Waals surface area contributed by atoms with Gasteiger partial charge in [0.05, 0.1) is 23.0 Å². The Labute approximate surface area is 128 Å². The van der Waals surface area contributed by atoms with Gasteiger partial charge in [0.2, 0.25) is 5.91 Å². The van der Waals surface area contributed by atoms with Crippen LogP contribution in [0.25, 0.3) is 0 Å². The van der Waals surface area contributed by atoms with Gasteiger partial charge in [0.25, 0.3) is 0 Å². The summed E-state index contributed by atoms with van der Waals surface area (Å²) in [6.45, 7) is 0.152. The fourth-order valence-corrected chi connectivity index (χ4v) is 3.66. The van der Waals surface area contributed by atoms with Crippen molar-refractivity contribution in [3.63, 3.8) is 0 Å². The van der Waals surface area contributed by atoms with E-state index in [1.54, 1.807) is 36.0 Å². The van der Waals surface area contributed by atoms with Crippen LogP contribution in [0.4, 0.5) is 11.4 Å². The Hall–Kier alpha value is -1.69. The van der Waals surface area contributed by atoms with E-state index in [9.17, 15) is 9.59 Å². The van der Waals surface area contributed by atoms with E-state index in [2.05, 4.69) is 0 Å². The number of carbonyl (C=O) groups is 2. The van der Waals surface area contributed by atoms with Crippen molar-refractivity contribution in [1.82, 2.24) is 0 Å². The predicted molar refractivity (Wildman–Crippen MR) is 85.6 cm³/mol. The van der Waals surface area contributed by atoms with Gasteiger partial charge in [0, 0.05) is 6.54 Å². The van der Waals surface area contributed by atoms with Gasteiger partial charge in [-0.1, -0.05) is 18.6 Å². The molecule has 114 valence electrons. The first-order chi connectivity index (χ1) is 10.1. The molecule has 3 N–H and O–H groups in total. The summed E-state index contributed by atoms with van der Waals surface area (Å²) in [5, 5.41) is 8.81. The molecular formula is C15H20N2O3S. The van der Waals surface area contributed by atoms with Gasteiger partial charge >= 0.3 is 5.97 Å². The maximum Gasteiger partial charge on any atom is 0.305 e. The van der Waals surface area contributed by atoms with Crippen molar-refractivity contribution in [3.8, 4) is 0 Å². The van der Waals surface area contributed by atoms with Crippen LogP contribution in [0.2, 0.25) is 0 Å². The molecule has 0 spiro atoms. The van der Waals surface area contributed by atoms with E-state index in [-0.39, 0.29) is 24.1 Å². The summed E-state index contributed by atoms with van der Waals surface area (Å²) >= 11 is 1.65. The normalized spacial score (nSPS) is 18.2. The molecule has 1 aromatic carbocycles. The van der Waals surface area contributed by atoms with Gasteiger partial charge in [0.15, 0.2) is 0 Å². The minimum absolute atomic E-state index is 0.0288. The van der Waals surface area contributed by atoms with Gasteiger partial charge in [-0.15, -0.1) is 11.8 Å². The van der Waals surface area contributed by atoms with Gasteiger partial charge in [-0.2, -0.15) is 0 Å². The third-order valence-corrected chi connectivity index (χ3v) is 4.86. The van der Waals surface area contributed by atoms with Crippen molar-refractivity contribution in [3.05, 3.63) is 24.3 Å². The van der Waals surface area contributed by atoms with E-state index in [4.69, 9.17) is 10.8 Å². The van der Waals surface area contributed by atoms with E-state index in [0.717, 1.165) is 25.0 Å². The van der Waals surface area contributed by atoms with Crippen molar-refractivity contribution < 1.29 is 14.7 Å². The number of benzene rings is 1. The zero-order valence-electron chi connectivity index (χ0n) is 11.8. The number of hydrogen-bond donors (Lipinski definition) is 2. The fourth-order valence-electron chi connectivity index (χ4n) is 2.40. The summed E-state index contributed by atoms with van der Waals surface area (Å²) in [6, 6.07) is 7.10. The Morgan fingerprint density at radius 3 is 2.71 bits per heavy atom. The Bertz CT molecular complexity index is 515. The molecule has 5 nitrogen and oxygen atoms in total. The number of nitrogens with two attached hydrogens (primary N) is 1. The number of hydrogen-bond acceptors (Lipinski definition) is 4. The lowest BCUT2D eigenvalue weighted by Crippen LogP contribution is -2.40. The second-order valence-corrected chi connectivity index (χ2v) is 6.36. The van der Waals surface area contributed by atoms with Gasteiger partial charge in [-0.3, -0.25) is 9.59 Å². The highest BCUT2D eigenvalue weighted by Crippen LogP contribution is 2.30. The molecule has 1 saturated heterocycles. The molecule has 2 rings (SSSR count). The second-order valence-electron chi connectivity index (χ2n) is 5.05. The number of carboxylic acid groups (broad SMARTS) is 1. The highest BCUT2D eigenvalue weighted by atomic mass is 32.2. The van der Waals surface area contributed by atoms with Crippen LogP contribution >= 0.6 is 11.8 Å². The van der Waals surface area contributed by atoms with Crippen LogP contribution in [0, 0.1) is 0 Å². The number of nitrogen functional groups attached to an aromatic ring is 1. The first kappa shape index (κ1) is 15.7. The van der Waals surface area contributed by atoms with Crippen molar-refractivity contribution in [2.24, 2.45) is 0 Å². The molecule has 1 aliphatic heterocycles. The highest BCUT2D eigenvalue weighted by Gasteiger charge is 2.28. The zero-order chi connectivity index (χ0) is 15.2. The third kappa shape index (κ3) is 4.14. The molecule has 0 bridgehead atoms. The number of carbonyl (C=O) groups excluding carboxylic acids is 1. The fraction of sp³-hybridized carbons (Fsp3) is 0.467. The van der Waals surface area contributed by atoms with E-state index in [0.29, 0.717) is 11.4 Å². The summed E-state index contributed by atoms with van der Waals surface area (Å²) < 4.78 is 0. The summed E-state index contributed by atoms with van der Waals surface area (Å²) in [4.78, 5) is 25.1. The van der Waals surface area contributed by atoms with E-state index < -0.39 is 5.97 Å². The van der Waals surface area contributed by atoms with Crippen LogP contribution in [-0.4, -0.2) is 34.5 Å². The van der Waals surface area contributed by atoms with Crippen LogP contribution in [-0.2, 0) is 9.59 Å². The number of para-hydroxylation sites is 2. The van der Waals surface area contributed by atoms with Gasteiger partial charge in [-0.05, 0) is 30.7 Å². The number of rotatable bonds is 5. The van der Waals surface area contributed by atoms with Gasteiger partial charge < -0.3 is 15.7 Å². The molecule has 1 aromatic rings. The summed E-state index contributed by atoms with van der Waals surface area (Å²) in [5.74, 6) is 0.0328. The summed E-state index contributed by atoms with van der Waals surface area (Å²) in [6.07, 6.45) is 2.94. The molecule has 1 unspecified atom stereocenters. The molecule has 6 heteroatoms. The molecule has 1 heterocycles.